The van der Waals surface area contributed by atoms with Crippen molar-refractivity contribution < 1.29 is 15.0 Å². The van der Waals surface area contributed by atoms with Gasteiger partial charge in [0.05, 0.1) is 13.2 Å². The van der Waals surface area contributed by atoms with E-state index in [0.29, 0.717) is 23.5 Å². The molecule has 0 heterocycles. The number of fused-ring (bicyclic) bond motifs is 5. The van der Waals surface area contributed by atoms with Gasteiger partial charge in [0.1, 0.15) is 5.78 Å². The van der Waals surface area contributed by atoms with Crippen LogP contribution in [0.1, 0.15) is 92.9 Å². The average molecular weight is 455 g/mol. The first-order chi connectivity index (χ1) is 15.5. The predicted octanol–water partition coefficient (Wildman–Crippen LogP) is 6.41. The van der Waals surface area contributed by atoms with Gasteiger partial charge in [-0.25, -0.2) is 0 Å². The molecule has 184 valence electrons. The first-order valence-electron chi connectivity index (χ1n) is 13.3. The smallest absolute Gasteiger partial charge is 0.138 e. The van der Waals surface area contributed by atoms with Crippen molar-refractivity contribution in [1.29, 1.82) is 0 Å². The van der Waals surface area contributed by atoms with E-state index < -0.39 is 0 Å². The second-order valence-corrected chi connectivity index (χ2v) is 12.9. The Labute approximate surface area is 201 Å². The van der Waals surface area contributed by atoms with Gasteiger partial charge >= 0.3 is 0 Å². The number of rotatable bonds is 6. The van der Waals surface area contributed by atoms with Crippen molar-refractivity contribution in [3.8, 4) is 0 Å². The van der Waals surface area contributed by atoms with Crippen LogP contribution in [0, 0.1) is 39.4 Å². The lowest BCUT2D eigenvalue weighted by atomic mass is 9.44. The summed E-state index contributed by atoms with van der Waals surface area (Å²) >= 11 is 0. The summed E-state index contributed by atoms with van der Waals surface area (Å²) < 4.78 is 0. The Morgan fingerprint density at radius 2 is 1.79 bits per heavy atom. The Balaban J connectivity index is 1.61. The van der Waals surface area contributed by atoms with Crippen LogP contribution in [0.25, 0.3) is 0 Å². The number of Topliss-reactive ketones (excluding diaryl/α,β-unsaturated/α-hetero) is 1. The summed E-state index contributed by atoms with van der Waals surface area (Å²) in [5, 5.41) is 18.7. The van der Waals surface area contributed by atoms with Crippen molar-refractivity contribution in [2.24, 2.45) is 39.4 Å². The molecule has 0 aromatic carbocycles. The molecule has 0 aliphatic heterocycles. The number of allylic oxidation sites excluding steroid dienone is 5. The zero-order valence-electron chi connectivity index (χ0n) is 21.8. The van der Waals surface area contributed by atoms with Gasteiger partial charge in [0.25, 0.3) is 0 Å². The highest BCUT2D eigenvalue weighted by Gasteiger charge is 2.63. The Hall–Kier alpha value is -1.19. The molecule has 3 heteroatoms. The van der Waals surface area contributed by atoms with Crippen LogP contribution in [-0.2, 0) is 4.79 Å². The van der Waals surface area contributed by atoms with Gasteiger partial charge in [-0.15, -0.1) is 0 Å². The van der Waals surface area contributed by atoms with Crippen LogP contribution >= 0.6 is 0 Å². The molecule has 2 saturated carbocycles. The van der Waals surface area contributed by atoms with Crippen molar-refractivity contribution in [2.75, 3.05) is 13.2 Å². The first-order valence-corrected chi connectivity index (χ1v) is 13.3. The number of carbonyl (C=O) groups excluding carboxylic acids is 1. The summed E-state index contributed by atoms with van der Waals surface area (Å²) in [6.07, 6.45) is 15.6. The molecule has 0 radical (unpaired) electrons. The minimum Gasteiger partial charge on any atom is -0.392 e. The van der Waals surface area contributed by atoms with Crippen molar-refractivity contribution in [2.45, 2.75) is 92.9 Å². The van der Waals surface area contributed by atoms with E-state index in [1.54, 1.807) is 11.1 Å². The van der Waals surface area contributed by atoms with Crippen molar-refractivity contribution in [3.05, 3.63) is 34.9 Å². The van der Waals surface area contributed by atoms with Crippen molar-refractivity contribution >= 4 is 5.78 Å². The number of aliphatic hydroxyl groups excluding tert-OH is 2. The number of ketones is 1. The van der Waals surface area contributed by atoms with E-state index in [4.69, 9.17) is 0 Å². The van der Waals surface area contributed by atoms with Gasteiger partial charge < -0.3 is 10.2 Å². The largest absolute Gasteiger partial charge is 0.392 e. The third-order valence-corrected chi connectivity index (χ3v) is 11.2. The van der Waals surface area contributed by atoms with E-state index in [1.165, 1.54) is 12.8 Å². The Morgan fingerprint density at radius 1 is 1.09 bits per heavy atom. The average Bonchev–Trinajstić information content (AvgIpc) is 3.05. The second kappa shape index (κ2) is 8.48. The molecular weight excluding hydrogens is 408 g/mol. The molecule has 6 atom stereocenters. The topological polar surface area (TPSA) is 57.5 Å². The van der Waals surface area contributed by atoms with E-state index in [2.05, 4.69) is 53.7 Å². The third-order valence-electron chi connectivity index (χ3n) is 11.2. The van der Waals surface area contributed by atoms with Gasteiger partial charge in [-0.3, -0.25) is 4.79 Å². The normalized spacial score (nSPS) is 40.2. The molecule has 0 saturated heterocycles. The first kappa shape index (κ1) is 24.9. The van der Waals surface area contributed by atoms with Crippen LogP contribution in [0.4, 0.5) is 0 Å². The summed E-state index contributed by atoms with van der Waals surface area (Å²) in [6, 6.07) is 0. The van der Waals surface area contributed by atoms with Crippen molar-refractivity contribution in [1.82, 2.24) is 0 Å². The van der Waals surface area contributed by atoms with Gasteiger partial charge in [-0.1, -0.05) is 59.8 Å². The number of hydrogen-bond donors (Lipinski definition) is 2. The lowest BCUT2D eigenvalue weighted by Crippen LogP contribution is -2.53. The van der Waals surface area contributed by atoms with Gasteiger partial charge in [-0.2, -0.15) is 0 Å². The Morgan fingerprint density at radius 3 is 2.45 bits per heavy atom. The van der Waals surface area contributed by atoms with E-state index in [1.807, 2.05) is 6.08 Å². The maximum atomic E-state index is 12.8. The molecule has 33 heavy (non-hydrogen) atoms. The van der Waals surface area contributed by atoms with Gasteiger partial charge in [-0.05, 0) is 95.7 Å². The Bertz CT molecular complexity index is 886. The monoisotopic (exact) mass is 454 g/mol. The van der Waals surface area contributed by atoms with Crippen LogP contribution in [0.2, 0.25) is 0 Å². The van der Waals surface area contributed by atoms with E-state index in [9.17, 15) is 15.0 Å². The van der Waals surface area contributed by atoms with Crippen LogP contribution in [-0.4, -0.2) is 29.2 Å². The lowest BCUT2D eigenvalue weighted by molar-refractivity contribution is -0.138. The summed E-state index contributed by atoms with van der Waals surface area (Å²) in [6.45, 7) is 14.2. The van der Waals surface area contributed by atoms with E-state index in [0.717, 1.165) is 44.1 Å². The molecular formula is C30H46O3. The SMILES string of the molecule is C[C@H](CCC=C(CO)CO)C1CC[C@@]2(C)C3=CC[C@H]4C(C)(C)C(=O)CC[C@]4(C)C3=CC[C@]12C. The molecule has 3 nitrogen and oxygen atoms in total. The van der Waals surface area contributed by atoms with Crippen LogP contribution in [0.15, 0.2) is 34.9 Å². The molecule has 0 bridgehead atoms. The second-order valence-electron chi connectivity index (χ2n) is 12.9. The molecule has 4 aliphatic carbocycles. The summed E-state index contributed by atoms with van der Waals surface area (Å²) in [4.78, 5) is 12.8. The van der Waals surface area contributed by atoms with E-state index >= 15 is 0 Å². The summed E-state index contributed by atoms with van der Waals surface area (Å²) in [7, 11) is 0. The molecule has 2 fully saturated rings. The zero-order valence-corrected chi connectivity index (χ0v) is 21.8. The highest BCUT2D eigenvalue weighted by atomic mass is 16.3. The van der Waals surface area contributed by atoms with E-state index in [-0.39, 0.29) is 34.9 Å². The van der Waals surface area contributed by atoms with Gasteiger partial charge in [0.2, 0.25) is 0 Å². The van der Waals surface area contributed by atoms with Crippen molar-refractivity contribution in [3.63, 3.8) is 0 Å². The predicted molar refractivity (Wildman–Crippen MR) is 135 cm³/mol. The zero-order chi connectivity index (χ0) is 24.2. The summed E-state index contributed by atoms with van der Waals surface area (Å²) in [5.74, 6) is 2.14. The Kier molecular flexibility index (Phi) is 6.41. The van der Waals surface area contributed by atoms with Gasteiger partial charge in [0.15, 0.2) is 0 Å². The fourth-order valence-corrected chi connectivity index (χ4v) is 8.69. The fourth-order valence-electron chi connectivity index (χ4n) is 8.69. The third kappa shape index (κ3) is 3.56. The van der Waals surface area contributed by atoms with Crippen LogP contribution in [0.5, 0.6) is 0 Å². The molecule has 4 rings (SSSR count). The highest BCUT2D eigenvalue weighted by molar-refractivity contribution is 5.86. The minimum absolute atomic E-state index is 0.0476. The summed E-state index contributed by atoms with van der Waals surface area (Å²) in [5.41, 5.74) is 4.26. The van der Waals surface area contributed by atoms with Crippen LogP contribution in [0.3, 0.4) is 0 Å². The number of carbonyl (C=O) groups is 1. The maximum absolute atomic E-state index is 12.8. The maximum Gasteiger partial charge on any atom is 0.138 e. The van der Waals surface area contributed by atoms with Gasteiger partial charge in [0, 0.05) is 11.8 Å². The molecule has 0 spiro atoms. The van der Waals surface area contributed by atoms with Crippen LogP contribution < -0.4 is 0 Å². The standard InChI is InChI=1S/C30H46O3/c1-20(8-7-9-21(18-31)19-32)22-12-16-30(6)24-10-11-25-27(2,3)26(33)14-15-28(25,4)23(24)13-17-29(22,30)5/h9-10,13,20,22,25,31-32H,7-8,11-12,14-19H2,1-6H3/t20-,22?,25+,28-,29-,30+/m1/s1. The molecule has 2 N–H and O–H groups in total. The minimum atomic E-state index is -0.236. The fraction of sp³-hybridized carbons (Fsp3) is 0.767. The molecule has 0 aromatic heterocycles. The lowest BCUT2D eigenvalue weighted by Gasteiger charge is -2.59. The number of hydrogen-bond acceptors (Lipinski definition) is 3. The quantitative estimate of drug-likeness (QED) is 0.456. The molecule has 1 unspecified atom stereocenters. The molecule has 0 aromatic rings. The molecule has 0 amide bonds. The number of aliphatic hydroxyl groups is 2. The molecule has 4 aliphatic rings. The highest BCUT2D eigenvalue weighted by Crippen LogP contribution is 2.71.